The topological polar surface area (TPSA) is 86.8 Å². The lowest BCUT2D eigenvalue weighted by molar-refractivity contribution is 1.06. The maximum atomic E-state index is 4.02. The van der Waals surface area contributed by atoms with Crippen LogP contribution >= 0.6 is 0 Å². The minimum absolute atomic E-state index is 0. The van der Waals surface area contributed by atoms with Gasteiger partial charge in [-0.2, -0.15) is 0 Å². The molecule has 4 heteroatoms. The lowest BCUT2D eigenvalue weighted by Crippen LogP contribution is -1.84. The van der Waals surface area contributed by atoms with Gasteiger partial charge in [-0.05, 0) is 13.8 Å². The normalized spacial score (nSPS) is 7.40. The Morgan fingerprint density at radius 2 is 1.20 bits per heavy atom. The molecule has 1 aromatic rings. The Morgan fingerprint density at radius 3 is 1.40 bits per heavy atom. The average Bonchev–Trinajstić information content (AvgIpc) is 1.77. The molecule has 0 saturated carbocycles. The molecule has 0 N–H and O–H groups in total. The average molecular weight is 136 g/mol. The van der Waals surface area contributed by atoms with Crippen LogP contribution in [0.5, 0.6) is 0 Å². The van der Waals surface area contributed by atoms with E-state index in [1.165, 1.54) is 0 Å². The Labute approximate surface area is 60.9 Å². The first kappa shape index (κ1) is 11.8. The molecule has 10 heavy (non-hydrogen) atoms. The van der Waals surface area contributed by atoms with Crippen molar-refractivity contribution in [1.29, 1.82) is 0 Å². The summed E-state index contributed by atoms with van der Waals surface area (Å²) >= 11 is 0. The molecule has 0 aliphatic heterocycles. The van der Waals surface area contributed by atoms with E-state index in [2.05, 4.69) is 9.97 Å². The molecular weight excluding hydrogens is 128 g/mol. The predicted molar refractivity (Wildman–Crippen MR) is 35.8 cm³/mol. The molecule has 0 atom stereocenters. The van der Waals surface area contributed by atoms with E-state index in [4.69, 9.17) is 0 Å². The molecule has 6 radical (unpaired) electrons. The van der Waals surface area contributed by atoms with Gasteiger partial charge in [-0.3, -0.25) is 9.97 Å². The summed E-state index contributed by atoms with van der Waals surface area (Å²) in [6, 6.07) is 0. The van der Waals surface area contributed by atoms with Crippen LogP contribution in [0.4, 0.5) is 0 Å². The quantitative estimate of drug-likeness (QED) is 0.507. The van der Waals surface area contributed by atoms with Crippen LogP contribution in [0.15, 0.2) is 12.4 Å². The molecule has 0 aliphatic rings. The van der Waals surface area contributed by atoms with Gasteiger partial charge in [-0.1, -0.05) is 0 Å². The third-order valence-electron chi connectivity index (χ3n) is 0.910. The van der Waals surface area contributed by atoms with Crippen molar-refractivity contribution in [1.82, 2.24) is 22.3 Å². The Hall–Kier alpha value is -1.00. The van der Waals surface area contributed by atoms with Crippen molar-refractivity contribution >= 4 is 0 Å². The maximum Gasteiger partial charge on any atom is 0.0555 e. The summed E-state index contributed by atoms with van der Waals surface area (Å²) < 4.78 is 0. The first-order valence-corrected chi connectivity index (χ1v) is 2.54. The smallest absolute Gasteiger partial charge is 0.0555 e. The Kier molecular flexibility index (Phi) is 5.69. The molecule has 0 aliphatic carbocycles. The van der Waals surface area contributed by atoms with Gasteiger partial charge < -0.3 is 0 Å². The summed E-state index contributed by atoms with van der Waals surface area (Å²) in [5.41, 5.74) is 1.94. The third kappa shape index (κ3) is 3.11. The monoisotopic (exact) mass is 136 g/mol. The number of nitrogens with zero attached hydrogens (tertiary/aromatic N) is 4. The van der Waals surface area contributed by atoms with Gasteiger partial charge in [0.15, 0.2) is 0 Å². The van der Waals surface area contributed by atoms with E-state index in [0.29, 0.717) is 0 Å². The van der Waals surface area contributed by atoms with Crippen LogP contribution in [0.1, 0.15) is 11.4 Å². The van der Waals surface area contributed by atoms with E-state index in [9.17, 15) is 0 Å². The van der Waals surface area contributed by atoms with E-state index in [1.807, 2.05) is 13.8 Å². The highest BCUT2D eigenvalue weighted by Crippen LogP contribution is 1.88. The number of aryl methyl sites for hydroxylation is 2. The highest BCUT2D eigenvalue weighted by atomic mass is 14.8. The second-order valence-corrected chi connectivity index (χ2v) is 1.80. The zero-order valence-electron chi connectivity index (χ0n) is 5.94. The van der Waals surface area contributed by atoms with Crippen molar-refractivity contribution in [2.24, 2.45) is 0 Å². The summed E-state index contributed by atoms with van der Waals surface area (Å²) in [5, 5.41) is 0. The molecule has 52 valence electrons. The molecule has 0 aromatic carbocycles. The van der Waals surface area contributed by atoms with E-state index >= 15 is 0 Å². The Bertz CT molecular complexity index is 149. The van der Waals surface area contributed by atoms with E-state index in [0.717, 1.165) is 11.4 Å². The van der Waals surface area contributed by atoms with Gasteiger partial charge >= 0.3 is 0 Å². The van der Waals surface area contributed by atoms with Crippen molar-refractivity contribution in [2.45, 2.75) is 13.8 Å². The summed E-state index contributed by atoms with van der Waals surface area (Å²) in [5.74, 6) is 0. The van der Waals surface area contributed by atoms with Gasteiger partial charge in [-0.25, -0.2) is 0 Å². The van der Waals surface area contributed by atoms with Crippen LogP contribution < -0.4 is 12.3 Å². The lowest BCUT2D eigenvalue weighted by Gasteiger charge is -1.88. The fourth-order valence-electron chi connectivity index (χ4n) is 0.457. The van der Waals surface area contributed by atoms with Crippen molar-refractivity contribution in [3.63, 3.8) is 0 Å². The number of hydrogen-bond donors (Lipinski definition) is 0. The lowest BCUT2D eigenvalue weighted by atomic mass is 10.5. The summed E-state index contributed by atoms with van der Waals surface area (Å²) in [6.07, 6.45) is 3.52. The van der Waals surface area contributed by atoms with Crippen LogP contribution in [0.25, 0.3) is 0 Å². The van der Waals surface area contributed by atoms with E-state index in [1.54, 1.807) is 12.4 Å². The van der Waals surface area contributed by atoms with Crippen LogP contribution in [0.2, 0.25) is 0 Å². The number of hydrogen-bond acceptors (Lipinski definition) is 2. The molecule has 0 amide bonds. The second kappa shape index (κ2) is 4.84. The Morgan fingerprint density at radius 1 is 0.900 bits per heavy atom. The molecular formula is C6H8N4. The summed E-state index contributed by atoms with van der Waals surface area (Å²) in [4.78, 5) is 8.03. The predicted octanol–water partition coefficient (Wildman–Crippen LogP) is 0.132. The first-order chi connectivity index (χ1) is 3.79. The fraction of sp³-hybridized carbons (Fsp3) is 0.333. The molecule has 1 heterocycles. The summed E-state index contributed by atoms with van der Waals surface area (Å²) in [7, 11) is 0. The van der Waals surface area contributed by atoms with E-state index in [-0.39, 0.29) is 12.3 Å². The van der Waals surface area contributed by atoms with Crippen molar-refractivity contribution < 1.29 is 0 Å². The standard InChI is InChI=1S/C6H8N2.2N/c1-5-3-8-6(2)4-7-5;;/h3-4H,1-2H3;;. The van der Waals surface area contributed by atoms with Gasteiger partial charge in [0, 0.05) is 24.7 Å². The van der Waals surface area contributed by atoms with Crippen molar-refractivity contribution in [3.05, 3.63) is 23.8 Å². The molecule has 0 spiro atoms. The molecule has 0 unspecified atom stereocenters. The second-order valence-electron chi connectivity index (χ2n) is 1.80. The summed E-state index contributed by atoms with van der Waals surface area (Å²) in [6.45, 7) is 3.85. The third-order valence-corrected chi connectivity index (χ3v) is 0.910. The number of rotatable bonds is 0. The van der Waals surface area contributed by atoms with Gasteiger partial charge in [-0.15, -0.1) is 0 Å². The fourth-order valence-corrected chi connectivity index (χ4v) is 0.457. The molecule has 0 fully saturated rings. The van der Waals surface area contributed by atoms with Crippen molar-refractivity contribution in [2.75, 3.05) is 0 Å². The van der Waals surface area contributed by atoms with Gasteiger partial charge in [0.25, 0.3) is 0 Å². The molecule has 1 aromatic heterocycles. The minimum atomic E-state index is 0. The zero-order valence-corrected chi connectivity index (χ0v) is 5.94. The minimum Gasteiger partial charge on any atom is -0.258 e. The first-order valence-electron chi connectivity index (χ1n) is 2.54. The molecule has 0 saturated heterocycles. The zero-order chi connectivity index (χ0) is 5.98. The van der Waals surface area contributed by atoms with Gasteiger partial charge in [0.1, 0.15) is 0 Å². The van der Waals surface area contributed by atoms with Crippen LogP contribution in [0, 0.1) is 13.8 Å². The number of aromatic nitrogens is 2. The largest absolute Gasteiger partial charge is 0.258 e. The highest BCUT2D eigenvalue weighted by molar-refractivity contribution is 4.97. The van der Waals surface area contributed by atoms with Gasteiger partial charge in [0.2, 0.25) is 0 Å². The van der Waals surface area contributed by atoms with Gasteiger partial charge in [0.05, 0.1) is 11.4 Å². The van der Waals surface area contributed by atoms with Crippen molar-refractivity contribution in [3.8, 4) is 0 Å². The van der Waals surface area contributed by atoms with Crippen LogP contribution in [-0.4, -0.2) is 9.97 Å². The molecule has 4 nitrogen and oxygen atoms in total. The van der Waals surface area contributed by atoms with Crippen LogP contribution in [0.3, 0.4) is 0 Å². The van der Waals surface area contributed by atoms with Crippen LogP contribution in [-0.2, 0) is 0 Å². The van der Waals surface area contributed by atoms with E-state index < -0.39 is 0 Å². The Balaban J connectivity index is 0. The molecule has 0 bridgehead atoms. The molecule has 1 rings (SSSR count). The maximum absolute atomic E-state index is 4.02. The highest BCUT2D eigenvalue weighted by Gasteiger charge is 1.82. The SMILES string of the molecule is Cc1cnc(C)cn1.[N].[N].